The largest absolute Gasteiger partial charge is 0.462 e. The second kappa shape index (κ2) is 6.85. The van der Waals surface area contributed by atoms with Crippen molar-refractivity contribution >= 4 is 59.9 Å². The summed E-state index contributed by atoms with van der Waals surface area (Å²) in [7, 11) is 0. The summed E-state index contributed by atoms with van der Waals surface area (Å²) < 4.78 is 17.1. The fourth-order valence-electron chi connectivity index (χ4n) is 3.38. The van der Waals surface area contributed by atoms with Crippen LogP contribution in [-0.4, -0.2) is 29.3 Å². The van der Waals surface area contributed by atoms with E-state index in [1.807, 2.05) is 32.0 Å². The first-order valence-corrected chi connectivity index (χ1v) is 10.7. The van der Waals surface area contributed by atoms with Crippen molar-refractivity contribution in [2.24, 2.45) is 0 Å². The molecule has 4 aromatic rings. The number of nitrogens with one attached hydrogen (secondary N) is 1. The van der Waals surface area contributed by atoms with E-state index in [9.17, 15) is 4.79 Å². The molecule has 0 radical (unpaired) electrons. The smallest absolute Gasteiger partial charge is 0.350 e. The lowest BCUT2D eigenvalue weighted by atomic mass is 10.1. The zero-order chi connectivity index (χ0) is 20.1. The Morgan fingerprint density at radius 2 is 1.97 bits per heavy atom. The van der Waals surface area contributed by atoms with Gasteiger partial charge in [-0.05, 0) is 32.4 Å². The number of carbonyl (C=O) groups is 1. The van der Waals surface area contributed by atoms with Gasteiger partial charge in [0.05, 0.1) is 22.5 Å². The van der Waals surface area contributed by atoms with Crippen LogP contribution in [0, 0.1) is 13.8 Å². The molecule has 1 aromatic carbocycles. The second-order valence-corrected chi connectivity index (χ2v) is 8.63. The van der Waals surface area contributed by atoms with Crippen LogP contribution >= 0.6 is 22.7 Å². The minimum atomic E-state index is -0.364. The van der Waals surface area contributed by atoms with Crippen LogP contribution in [0.3, 0.4) is 0 Å². The maximum absolute atomic E-state index is 12.6. The third kappa shape index (κ3) is 3.06. The van der Waals surface area contributed by atoms with E-state index in [-0.39, 0.29) is 12.8 Å². The Bertz CT molecular complexity index is 1240. The van der Waals surface area contributed by atoms with Crippen LogP contribution < -0.4 is 14.8 Å². The lowest BCUT2D eigenvalue weighted by Gasteiger charge is -2.07. The Hall–Kier alpha value is -2.91. The van der Waals surface area contributed by atoms with Crippen LogP contribution in [0.1, 0.15) is 27.9 Å². The van der Waals surface area contributed by atoms with Crippen molar-refractivity contribution in [3.05, 3.63) is 34.3 Å². The number of anilines is 2. The van der Waals surface area contributed by atoms with Gasteiger partial charge in [-0.15, -0.1) is 11.3 Å². The molecule has 0 unspecified atom stereocenters. The number of thiazole rings is 1. The Morgan fingerprint density at radius 3 is 2.76 bits per heavy atom. The molecule has 148 valence electrons. The molecule has 0 fully saturated rings. The maximum atomic E-state index is 12.6. The van der Waals surface area contributed by atoms with Crippen LogP contribution in [0.4, 0.5) is 10.8 Å². The van der Waals surface area contributed by atoms with E-state index >= 15 is 0 Å². The van der Waals surface area contributed by atoms with Crippen molar-refractivity contribution in [1.82, 2.24) is 9.97 Å². The number of hydrogen-bond donors (Lipinski definition) is 1. The number of aryl methyl sites for hydroxylation is 2. The molecule has 3 aromatic heterocycles. The number of thiophene rings is 1. The molecule has 0 amide bonds. The summed E-state index contributed by atoms with van der Waals surface area (Å²) in [5.74, 6) is 1.05. The van der Waals surface area contributed by atoms with E-state index in [0.717, 1.165) is 37.4 Å². The average Bonchev–Trinajstić information content (AvgIpc) is 3.36. The molecule has 0 saturated heterocycles. The van der Waals surface area contributed by atoms with Gasteiger partial charge in [0.15, 0.2) is 16.6 Å². The first-order valence-electron chi connectivity index (χ1n) is 9.08. The van der Waals surface area contributed by atoms with Crippen LogP contribution in [0.2, 0.25) is 0 Å². The molecular formula is C20H17N3O4S2. The number of rotatable bonds is 4. The van der Waals surface area contributed by atoms with Gasteiger partial charge in [-0.25, -0.2) is 14.8 Å². The Morgan fingerprint density at radius 1 is 1.17 bits per heavy atom. The average molecular weight is 428 g/mol. The fourth-order valence-corrected chi connectivity index (χ4v) is 5.41. The first-order chi connectivity index (χ1) is 14.0. The maximum Gasteiger partial charge on any atom is 0.350 e. The highest BCUT2D eigenvalue weighted by Crippen LogP contribution is 2.42. The van der Waals surface area contributed by atoms with E-state index in [2.05, 4.69) is 15.3 Å². The van der Waals surface area contributed by atoms with Crippen molar-refractivity contribution in [3.8, 4) is 11.5 Å². The molecule has 0 spiro atoms. The Balaban J connectivity index is 1.63. The number of nitrogens with zero attached hydrogens (tertiary/aromatic N) is 2. The zero-order valence-corrected chi connectivity index (χ0v) is 17.6. The van der Waals surface area contributed by atoms with Gasteiger partial charge >= 0.3 is 5.97 Å². The van der Waals surface area contributed by atoms with E-state index in [4.69, 9.17) is 14.2 Å². The highest BCUT2D eigenvalue weighted by molar-refractivity contribution is 7.22. The summed E-state index contributed by atoms with van der Waals surface area (Å²) in [5, 5.41) is 4.94. The summed E-state index contributed by atoms with van der Waals surface area (Å²) >= 11 is 2.82. The van der Waals surface area contributed by atoms with E-state index in [1.54, 1.807) is 6.92 Å². The highest BCUT2D eigenvalue weighted by atomic mass is 32.1. The van der Waals surface area contributed by atoms with Crippen molar-refractivity contribution in [1.29, 1.82) is 0 Å². The Labute approximate surface area is 174 Å². The summed E-state index contributed by atoms with van der Waals surface area (Å²) in [6.45, 7) is 6.29. The molecule has 0 bridgehead atoms. The molecule has 9 heteroatoms. The summed E-state index contributed by atoms with van der Waals surface area (Å²) in [6, 6.07) is 5.80. The van der Waals surface area contributed by atoms with Gasteiger partial charge in [-0.1, -0.05) is 11.3 Å². The molecule has 0 aliphatic carbocycles. The van der Waals surface area contributed by atoms with Crippen molar-refractivity contribution in [2.75, 3.05) is 18.7 Å². The monoisotopic (exact) mass is 427 g/mol. The quantitative estimate of drug-likeness (QED) is 0.450. The van der Waals surface area contributed by atoms with Crippen molar-refractivity contribution in [3.63, 3.8) is 0 Å². The minimum Gasteiger partial charge on any atom is -0.462 e. The molecular weight excluding hydrogens is 410 g/mol. The minimum absolute atomic E-state index is 0.229. The van der Waals surface area contributed by atoms with Gasteiger partial charge < -0.3 is 19.5 Å². The number of fused-ring (bicyclic) bond motifs is 3. The van der Waals surface area contributed by atoms with Gasteiger partial charge in [-0.2, -0.15) is 0 Å². The number of hydrogen-bond acceptors (Lipinski definition) is 9. The van der Waals surface area contributed by atoms with E-state index in [0.29, 0.717) is 28.1 Å². The van der Waals surface area contributed by atoms with Crippen molar-refractivity contribution in [2.45, 2.75) is 20.8 Å². The topological polar surface area (TPSA) is 82.6 Å². The van der Waals surface area contributed by atoms with E-state index in [1.165, 1.54) is 22.7 Å². The summed E-state index contributed by atoms with van der Waals surface area (Å²) in [4.78, 5) is 23.2. The van der Waals surface area contributed by atoms with Crippen molar-refractivity contribution < 1.29 is 19.0 Å². The van der Waals surface area contributed by atoms with Gasteiger partial charge in [0.2, 0.25) is 6.79 Å². The fraction of sp³-hybridized carbons (Fsp3) is 0.250. The van der Waals surface area contributed by atoms with Crippen LogP contribution in [-0.2, 0) is 4.74 Å². The first kappa shape index (κ1) is 18.1. The number of ether oxygens (including phenoxy) is 3. The molecule has 4 heterocycles. The third-order valence-corrected chi connectivity index (χ3v) is 6.56. The van der Waals surface area contributed by atoms with Crippen LogP contribution in [0.25, 0.3) is 20.4 Å². The molecule has 1 N–H and O–H groups in total. The third-order valence-electron chi connectivity index (χ3n) is 4.56. The standard InChI is InChI=1S/C20H17N3O4S2/c1-4-25-19(24)17-16(15-9(2)5-10(3)21-18(15)29-17)23-20-22-11-6-12-13(27-8-26-12)7-14(11)28-20/h5-7H,4,8H2,1-3H3,(H,22,23). The van der Waals surface area contributed by atoms with Gasteiger partial charge in [-0.3, -0.25) is 0 Å². The molecule has 5 rings (SSSR count). The molecule has 0 atom stereocenters. The molecule has 7 nitrogen and oxygen atoms in total. The lowest BCUT2D eigenvalue weighted by Crippen LogP contribution is -2.05. The number of carbonyl (C=O) groups excluding carboxylic acids is 1. The number of aromatic nitrogens is 2. The number of benzene rings is 1. The zero-order valence-electron chi connectivity index (χ0n) is 16.0. The number of pyridine rings is 1. The second-order valence-electron chi connectivity index (χ2n) is 6.60. The number of esters is 1. The van der Waals surface area contributed by atoms with Crippen LogP contribution in [0.15, 0.2) is 18.2 Å². The van der Waals surface area contributed by atoms with Gasteiger partial charge in [0, 0.05) is 23.2 Å². The molecule has 1 aliphatic rings. The van der Waals surface area contributed by atoms with E-state index < -0.39 is 0 Å². The summed E-state index contributed by atoms with van der Waals surface area (Å²) in [6.07, 6.45) is 0. The predicted octanol–water partition coefficient (Wildman–Crippen LogP) is 5.17. The Kier molecular flexibility index (Phi) is 4.29. The lowest BCUT2D eigenvalue weighted by molar-refractivity contribution is 0.0533. The highest BCUT2D eigenvalue weighted by Gasteiger charge is 2.24. The molecule has 1 aliphatic heterocycles. The van der Waals surface area contributed by atoms with Crippen LogP contribution in [0.5, 0.6) is 11.5 Å². The van der Waals surface area contributed by atoms with Gasteiger partial charge in [0.1, 0.15) is 9.71 Å². The molecule has 29 heavy (non-hydrogen) atoms. The normalized spacial score (nSPS) is 12.7. The SMILES string of the molecule is CCOC(=O)c1sc2nc(C)cc(C)c2c1Nc1nc2cc3c(cc2s1)OCO3. The van der Waals surface area contributed by atoms with Gasteiger partial charge in [0.25, 0.3) is 0 Å². The predicted molar refractivity (Wildman–Crippen MR) is 114 cm³/mol. The molecule has 0 saturated carbocycles. The summed E-state index contributed by atoms with van der Waals surface area (Å²) in [5.41, 5.74) is 3.45.